The van der Waals surface area contributed by atoms with Crippen molar-refractivity contribution in [2.75, 3.05) is 7.05 Å². The lowest BCUT2D eigenvalue weighted by Gasteiger charge is -2.34. The Morgan fingerprint density at radius 2 is 2.27 bits per heavy atom. The lowest BCUT2D eigenvalue weighted by molar-refractivity contribution is 0.198. The van der Waals surface area contributed by atoms with Gasteiger partial charge in [0.2, 0.25) is 0 Å². The molecule has 0 bridgehead atoms. The first-order chi connectivity index (χ1) is 7.19. The second-order valence-electron chi connectivity index (χ2n) is 4.24. The maximum absolute atomic E-state index is 9.32. The van der Waals surface area contributed by atoms with E-state index in [0.717, 1.165) is 22.4 Å². The predicted molar refractivity (Wildman–Crippen MR) is 59.8 cm³/mol. The molecule has 0 unspecified atom stereocenters. The molecule has 0 aliphatic heterocycles. The summed E-state index contributed by atoms with van der Waals surface area (Å²) < 4.78 is 0. The largest absolute Gasteiger partial charge is 0.386 e. The van der Waals surface area contributed by atoms with Crippen LogP contribution < -0.4 is 5.32 Å². The standard InChI is InChI=1S/C10H17N3OS/c1-6(14)10-13-12-9(15-10)5-7-3-8(4-7)11-2/h6-8,11,14H,3-5H2,1-2H3/t6-,7-,8+/m0/s1. The van der Waals surface area contributed by atoms with Gasteiger partial charge >= 0.3 is 0 Å². The van der Waals surface area contributed by atoms with Crippen LogP contribution in [0.1, 0.15) is 35.9 Å². The van der Waals surface area contributed by atoms with Crippen LogP contribution in [0.2, 0.25) is 0 Å². The van der Waals surface area contributed by atoms with E-state index in [0.29, 0.717) is 6.04 Å². The van der Waals surface area contributed by atoms with Gasteiger partial charge in [0.1, 0.15) is 16.1 Å². The molecular weight excluding hydrogens is 210 g/mol. The number of hydrogen-bond acceptors (Lipinski definition) is 5. The van der Waals surface area contributed by atoms with Crippen LogP contribution in [0.5, 0.6) is 0 Å². The van der Waals surface area contributed by atoms with E-state index in [-0.39, 0.29) is 0 Å². The third kappa shape index (κ3) is 2.53. The second-order valence-corrected chi connectivity index (χ2v) is 5.33. The summed E-state index contributed by atoms with van der Waals surface area (Å²) in [5.41, 5.74) is 0. The molecule has 0 spiro atoms. The molecule has 5 heteroatoms. The topological polar surface area (TPSA) is 58.0 Å². The zero-order valence-electron chi connectivity index (χ0n) is 9.10. The Balaban J connectivity index is 1.84. The molecule has 1 heterocycles. The van der Waals surface area contributed by atoms with E-state index in [1.54, 1.807) is 6.92 Å². The minimum absolute atomic E-state index is 0.484. The smallest absolute Gasteiger partial charge is 0.145 e. The van der Waals surface area contributed by atoms with Crippen LogP contribution in [0.15, 0.2) is 0 Å². The Bertz CT molecular complexity index is 320. The van der Waals surface area contributed by atoms with Gasteiger partial charge in [-0.05, 0) is 32.7 Å². The van der Waals surface area contributed by atoms with E-state index >= 15 is 0 Å². The molecule has 0 aromatic carbocycles. The molecule has 2 N–H and O–H groups in total. The van der Waals surface area contributed by atoms with Gasteiger partial charge in [-0.3, -0.25) is 0 Å². The van der Waals surface area contributed by atoms with Crippen molar-refractivity contribution in [1.82, 2.24) is 15.5 Å². The molecule has 1 aromatic rings. The summed E-state index contributed by atoms with van der Waals surface area (Å²) >= 11 is 1.53. The zero-order chi connectivity index (χ0) is 10.8. The molecule has 1 aromatic heterocycles. The Kier molecular flexibility index (Phi) is 3.33. The predicted octanol–water partition coefficient (Wildman–Crippen LogP) is 1.13. The minimum atomic E-state index is -0.484. The molecule has 0 saturated heterocycles. The summed E-state index contributed by atoms with van der Waals surface area (Å²) in [6.07, 6.45) is 3.01. The van der Waals surface area contributed by atoms with Crippen molar-refractivity contribution < 1.29 is 5.11 Å². The fourth-order valence-electron chi connectivity index (χ4n) is 1.90. The molecule has 0 radical (unpaired) electrons. The molecule has 84 valence electrons. The van der Waals surface area contributed by atoms with E-state index in [2.05, 4.69) is 15.5 Å². The van der Waals surface area contributed by atoms with Crippen molar-refractivity contribution in [3.8, 4) is 0 Å². The third-order valence-electron chi connectivity index (χ3n) is 2.95. The maximum Gasteiger partial charge on any atom is 0.145 e. The van der Waals surface area contributed by atoms with E-state index in [1.807, 2.05) is 7.05 Å². The summed E-state index contributed by atoms with van der Waals surface area (Å²) in [5, 5.41) is 22.4. The number of aliphatic hydroxyl groups is 1. The number of rotatable bonds is 4. The molecule has 1 saturated carbocycles. The van der Waals surface area contributed by atoms with Gasteiger partial charge in [-0.25, -0.2) is 0 Å². The van der Waals surface area contributed by atoms with Crippen LogP contribution in [-0.4, -0.2) is 28.4 Å². The van der Waals surface area contributed by atoms with Crippen molar-refractivity contribution in [1.29, 1.82) is 0 Å². The highest BCUT2D eigenvalue weighted by Gasteiger charge is 2.28. The second kappa shape index (κ2) is 4.55. The fraction of sp³-hybridized carbons (Fsp3) is 0.800. The van der Waals surface area contributed by atoms with Crippen molar-refractivity contribution in [2.45, 2.75) is 38.3 Å². The molecule has 2 rings (SSSR count). The van der Waals surface area contributed by atoms with Gasteiger partial charge in [-0.2, -0.15) is 0 Å². The lowest BCUT2D eigenvalue weighted by Crippen LogP contribution is -2.39. The van der Waals surface area contributed by atoms with Gasteiger partial charge < -0.3 is 10.4 Å². The molecule has 1 aliphatic carbocycles. The highest BCUT2D eigenvalue weighted by atomic mass is 32.1. The Labute approximate surface area is 93.7 Å². The van der Waals surface area contributed by atoms with Gasteiger partial charge in [0.15, 0.2) is 0 Å². The van der Waals surface area contributed by atoms with Crippen molar-refractivity contribution in [3.63, 3.8) is 0 Å². The van der Waals surface area contributed by atoms with E-state index in [4.69, 9.17) is 0 Å². The zero-order valence-corrected chi connectivity index (χ0v) is 9.92. The van der Waals surface area contributed by atoms with Crippen LogP contribution in [0.25, 0.3) is 0 Å². The van der Waals surface area contributed by atoms with Gasteiger partial charge in [0.25, 0.3) is 0 Å². The van der Waals surface area contributed by atoms with E-state index < -0.39 is 6.10 Å². The normalized spacial score (nSPS) is 27.4. The molecule has 4 nitrogen and oxygen atoms in total. The molecule has 0 amide bonds. The van der Waals surface area contributed by atoms with Crippen LogP contribution >= 0.6 is 11.3 Å². The Morgan fingerprint density at radius 1 is 1.53 bits per heavy atom. The molecule has 15 heavy (non-hydrogen) atoms. The van der Waals surface area contributed by atoms with Crippen LogP contribution in [-0.2, 0) is 6.42 Å². The van der Waals surface area contributed by atoms with Crippen LogP contribution in [0, 0.1) is 5.92 Å². The number of hydrogen-bond donors (Lipinski definition) is 2. The first-order valence-electron chi connectivity index (χ1n) is 5.36. The lowest BCUT2D eigenvalue weighted by atomic mass is 9.78. The van der Waals surface area contributed by atoms with Crippen LogP contribution in [0.4, 0.5) is 0 Å². The van der Waals surface area contributed by atoms with E-state index in [9.17, 15) is 5.11 Å². The highest BCUT2D eigenvalue weighted by Crippen LogP contribution is 2.31. The summed E-state index contributed by atoms with van der Waals surface area (Å²) in [5.74, 6) is 0.747. The Morgan fingerprint density at radius 3 is 2.80 bits per heavy atom. The van der Waals surface area contributed by atoms with Crippen molar-refractivity contribution >= 4 is 11.3 Å². The minimum Gasteiger partial charge on any atom is -0.386 e. The summed E-state index contributed by atoms with van der Waals surface area (Å²) in [4.78, 5) is 0. The van der Waals surface area contributed by atoms with Crippen LogP contribution in [0.3, 0.4) is 0 Å². The Hall–Kier alpha value is -0.520. The SMILES string of the molecule is CN[C@H]1C[C@@H](Cc2nnc([C@H](C)O)s2)C1. The van der Waals surface area contributed by atoms with Crippen molar-refractivity contribution in [2.24, 2.45) is 5.92 Å². The van der Waals surface area contributed by atoms with Gasteiger partial charge in [0.05, 0.1) is 0 Å². The quantitative estimate of drug-likeness (QED) is 0.809. The number of aliphatic hydroxyl groups excluding tert-OH is 1. The molecular formula is C10H17N3OS. The molecule has 1 fully saturated rings. The first-order valence-corrected chi connectivity index (χ1v) is 6.18. The number of aromatic nitrogens is 2. The average molecular weight is 227 g/mol. The average Bonchev–Trinajstić information content (AvgIpc) is 2.58. The van der Waals surface area contributed by atoms with Crippen molar-refractivity contribution in [3.05, 3.63) is 10.0 Å². The summed E-state index contributed by atoms with van der Waals surface area (Å²) in [7, 11) is 2.01. The number of nitrogens with zero attached hydrogens (tertiary/aromatic N) is 2. The maximum atomic E-state index is 9.32. The highest BCUT2D eigenvalue weighted by molar-refractivity contribution is 7.11. The van der Waals surface area contributed by atoms with E-state index in [1.165, 1.54) is 24.2 Å². The summed E-state index contributed by atoms with van der Waals surface area (Å²) in [6, 6.07) is 0.694. The van der Waals surface area contributed by atoms with Gasteiger partial charge in [0, 0.05) is 12.5 Å². The number of nitrogens with one attached hydrogen (secondary N) is 1. The molecule has 1 aliphatic rings. The first kappa shape index (κ1) is 11.0. The fourth-order valence-corrected chi connectivity index (χ4v) is 2.80. The summed E-state index contributed by atoms with van der Waals surface area (Å²) in [6.45, 7) is 1.73. The molecule has 1 atom stereocenters. The monoisotopic (exact) mass is 227 g/mol. The van der Waals surface area contributed by atoms with Gasteiger partial charge in [-0.15, -0.1) is 10.2 Å². The third-order valence-corrected chi connectivity index (χ3v) is 4.06. The van der Waals surface area contributed by atoms with Gasteiger partial charge in [-0.1, -0.05) is 11.3 Å².